The van der Waals surface area contributed by atoms with E-state index in [4.69, 9.17) is 4.74 Å². The van der Waals surface area contributed by atoms with Crippen LogP contribution in [0.4, 0.5) is 4.39 Å². The molecule has 0 saturated heterocycles. The predicted molar refractivity (Wildman–Crippen MR) is 75.9 cm³/mol. The summed E-state index contributed by atoms with van der Waals surface area (Å²) in [5.74, 6) is 0.742. The van der Waals surface area contributed by atoms with Gasteiger partial charge in [-0.1, -0.05) is 25.8 Å². The molecule has 0 aromatic heterocycles. The Morgan fingerprint density at radius 3 is 2.74 bits per heavy atom. The average molecular weight is 265 g/mol. The average Bonchev–Trinajstić information content (AvgIpc) is 2.42. The van der Waals surface area contributed by atoms with Gasteiger partial charge in [0.05, 0.1) is 7.11 Å². The summed E-state index contributed by atoms with van der Waals surface area (Å²) in [4.78, 5) is 0. The molecule has 1 fully saturated rings. The van der Waals surface area contributed by atoms with Gasteiger partial charge in [0.25, 0.3) is 0 Å². The van der Waals surface area contributed by atoms with Crippen LogP contribution in [0.1, 0.15) is 51.1 Å². The Morgan fingerprint density at radius 2 is 2.05 bits per heavy atom. The minimum atomic E-state index is -0.301. The highest BCUT2D eigenvalue weighted by Gasteiger charge is 2.23. The van der Waals surface area contributed by atoms with Crippen molar-refractivity contribution in [3.05, 3.63) is 29.6 Å². The number of rotatable bonds is 4. The van der Waals surface area contributed by atoms with E-state index in [9.17, 15) is 4.39 Å². The zero-order valence-electron chi connectivity index (χ0n) is 12.1. The molecule has 1 aromatic rings. The van der Waals surface area contributed by atoms with Gasteiger partial charge in [-0.05, 0) is 43.4 Å². The van der Waals surface area contributed by atoms with Gasteiger partial charge in [-0.15, -0.1) is 0 Å². The Morgan fingerprint density at radius 1 is 1.32 bits per heavy atom. The molecule has 2 nitrogen and oxygen atoms in total. The molecule has 0 bridgehead atoms. The highest BCUT2D eigenvalue weighted by molar-refractivity contribution is 5.32. The summed E-state index contributed by atoms with van der Waals surface area (Å²) < 4.78 is 18.5. The molecule has 0 amide bonds. The van der Waals surface area contributed by atoms with E-state index >= 15 is 0 Å². The van der Waals surface area contributed by atoms with Crippen molar-refractivity contribution in [2.45, 2.75) is 51.6 Å². The maximum atomic E-state index is 13.4. The molecular formula is C16H24FNO. The van der Waals surface area contributed by atoms with E-state index in [1.165, 1.54) is 38.9 Å². The third-order valence-electron chi connectivity index (χ3n) is 4.25. The largest absolute Gasteiger partial charge is 0.494 e. The zero-order chi connectivity index (χ0) is 13.8. The summed E-state index contributed by atoms with van der Waals surface area (Å²) in [5, 5.41) is 3.68. The van der Waals surface area contributed by atoms with E-state index in [1.54, 1.807) is 6.07 Å². The summed E-state index contributed by atoms with van der Waals surface area (Å²) in [6, 6.07) is 5.90. The zero-order valence-corrected chi connectivity index (χ0v) is 12.1. The van der Waals surface area contributed by atoms with Crippen molar-refractivity contribution in [3.8, 4) is 5.75 Å². The Labute approximate surface area is 115 Å². The Balaban J connectivity index is 2.04. The van der Waals surface area contributed by atoms with E-state index < -0.39 is 0 Å². The van der Waals surface area contributed by atoms with Gasteiger partial charge in [-0.3, -0.25) is 0 Å². The lowest BCUT2D eigenvalue weighted by Crippen LogP contribution is -2.38. The first-order valence-electron chi connectivity index (χ1n) is 7.21. The summed E-state index contributed by atoms with van der Waals surface area (Å²) >= 11 is 0. The number of ether oxygens (including phenoxy) is 1. The van der Waals surface area contributed by atoms with Gasteiger partial charge in [0.2, 0.25) is 0 Å². The minimum Gasteiger partial charge on any atom is -0.494 e. The van der Waals surface area contributed by atoms with Crippen molar-refractivity contribution >= 4 is 0 Å². The Hall–Kier alpha value is -1.09. The van der Waals surface area contributed by atoms with Crippen LogP contribution in [-0.2, 0) is 0 Å². The van der Waals surface area contributed by atoms with Gasteiger partial charge in [0.1, 0.15) is 0 Å². The predicted octanol–water partition coefficient (Wildman–Crippen LogP) is 4.06. The van der Waals surface area contributed by atoms with Crippen LogP contribution in [0.15, 0.2) is 18.2 Å². The van der Waals surface area contributed by atoms with Crippen LogP contribution in [-0.4, -0.2) is 13.2 Å². The van der Waals surface area contributed by atoms with Crippen molar-refractivity contribution in [2.75, 3.05) is 7.11 Å². The van der Waals surface area contributed by atoms with E-state index in [-0.39, 0.29) is 11.9 Å². The number of nitrogens with one attached hydrogen (secondary N) is 1. The molecular weight excluding hydrogens is 241 g/mol. The molecule has 1 aliphatic rings. The molecule has 0 radical (unpaired) electrons. The fourth-order valence-electron chi connectivity index (χ4n) is 2.93. The van der Waals surface area contributed by atoms with E-state index in [0.29, 0.717) is 11.8 Å². The second kappa shape index (κ2) is 6.38. The molecule has 106 valence electrons. The van der Waals surface area contributed by atoms with Gasteiger partial charge >= 0.3 is 0 Å². The van der Waals surface area contributed by atoms with Crippen molar-refractivity contribution < 1.29 is 9.13 Å². The van der Waals surface area contributed by atoms with Crippen LogP contribution in [0.3, 0.4) is 0 Å². The van der Waals surface area contributed by atoms with Gasteiger partial charge in [0.15, 0.2) is 11.6 Å². The van der Waals surface area contributed by atoms with Crippen LogP contribution in [0, 0.1) is 11.7 Å². The molecule has 1 aliphatic carbocycles. The van der Waals surface area contributed by atoms with Crippen LogP contribution in [0.25, 0.3) is 0 Å². The van der Waals surface area contributed by atoms with Gasteiger partial charge in [-0.25, -0.2) is 4.39 Å². The SMILES string of the molecule is COc1cc(C(C)NC2CCCCC2C)ccc1F. The fourth-order valence-corrected chi connectivity index (χ4v) is 2.93. The van der Waals surface area contributed by atoms with Crippen LogP contribution < -0.4 is 10.1 Å². The van der Waals surface area contributed by atoms with E-state index in [2.05, 4.69) is 19.2 Å². The number of benzene rings is 1. The lowest BCUT2D eigenvalue weighted by Gasteiger charge is -2.32. The summed E-state index contributed by atoms with van der Waals surface area (Å²) in [6.07, 6.45) is 5.19. The van der Waals surface area contributed by atoms with Crippen molar-refractivity contribution in [1.29, 1.82) is 0 Å². The number of halogens is 1. The second-order valence-electron chi connectivity index (χ2n) is 5.65. The standard InChI is InChI=1S/C16H24FNO/c1-11-6-4-5-7-15(11)18-12(2)13-8-9-14(17)16(10-13)19-3/h8-12,15,18H,4-7H2,1-3H3. The van der Waals surface area contributed by atoms with Crippen molar-refractivity contribution in [1.82, 2.24) is 5.32 Å². The molecule has 0 spiro atoms. The topological polar surface area (TPSA) is 21.3 Å². The maximum absolute atomic E-state index is 13.4. The molecule has 1 N–H and O–H groups in total. The molecule has 3 heteroatoms. The normalized spacial score (nSPS) is 25.1. The molecule has 0 heterocycles. The molecule has 3 unspecified atom stereocenters. The Bertz CT molecular complexity index is 421. The monoisotopic (exact) mass is 265 g/mol. The van der Waals surface area contributed by atoms with Crippen LogP contribution in [0.5, 0.6) is 5.75 Å². The molecule has 1 saturated carbocycles. The lowest BCUT2D eigenvalue weighted by molar-refractivity contribution is 0.263. The quantitative estimate of drug-likeness (QED) is 0.886. The van der Waals surface area contributed by atoms with E-state index in [0.717, 1.165) is 11.5 Å². The first kappa shape index (κ1) is 14.3. The van der Waals surface area contributed by atoms with Crippen LogP contribution in [0.2, 0.25) is 0 Å². The number of methoxy groups -OCH3 is 1. The first-order valence-corrected chi connectivity index (χ1v) is 7.21. The molecule has 19 heavy (non-hydrogen) atoms. The summed E-state index contributed by atoms with van der Waals surface area (Å²) in [6.45, 7) is 4.45. The molecule has 2 rings (SSSR count). The van der Waals surface area contributed by atoms with Crippen molar-refractivity contribution in [3.63, 3.8) is 0 Å². The highest BCUT2D eigenvalue weighted by atomic mass is 19.1. The van der Waals surface area contributed by atoms with E-state index in [1.807, 2.05) is 6.07 Å². The third kappa shape index (κ3) is 3.47. The number of hydrogen-bond acceptors (Lipinski definition) is 2. The lowest BCUT2D eigenvalue weighted by atomic mass is 9.85. The Kier molecular flexibility index (Phi) is 4.81. The van der Waals surface area contributed by atoms with Crippen LogP contribution >= 0.6 is 0 Å². The third-order valence-corrected chi connectivity index (χ3v) is 4.25. The number of hydrogen-bond donors (Lipinski definition) is 1. The summed E-state index contributed by atoms with van der Waals surface area (Å²) in [5.41, 5.74) is 1.08. The summed E-state index contributed by atoms with van der Waals surface area (Å²) in [7, 11) is 1.50. The smallest absolute Gasteiger partial charge is 0.165 e. The molecule has 1 aromatic carbocycles. The van der Waals surface area contributed by atoms with Gasteiger partial charge < -0.3 is 10.1 Å². The highest BCUT2D eigenvalue weighted by Crippen LogP contribution is 2.28. The second-order valence-corrected chi connectivity index (χ2v) is 5.65. The maximum Gasteiger partial charge on any atom is 0.165 e. The molecule has 0 aliphatic heterocycles. The van der Waals surface area contributed by atoms with Gasteiger partial charge in [-0.2, -0.15) is 0 Å². The molecule has 3 atom stereocenters. The van der Waals surface area contributed by atoms with Crippen molar-refractivity contribution in [2.24, 2.45) is 5.92 Å². The first-order chi connectivity index (χ1) is 9.11. The minimum absolute atomic E-state index is 0.222. The van der Waals surface area contributed by atoms with Gasteiger partial charge in [0, 0.05) is 12.1 Å². The fraction of sp³-hybridized carbons (Fsp3) is 0.625.